The molecular weight excluding hydrogens is 367 g/mol. The van der Waals surface area contributed by atoms with E-state index in [1.165, 1.54) is 0 Å². The lowest BCUT2D eigenvalue weighted by atomic mass is 10.0. The van der Waals surface area contributed by atoms with Crippen molar-refractivity contribution < 1.29 is 0 Å². The number of aromatic nitrogens is 3. The predicted molar refractivity (Wildman–Crippen MR) is 107 cm³/mol. The van der Waals surface area contributed by atoms with Gasteiger partial charge >= 0.3 is 0 Å². The quantitative estimate of drug-likeness (QED) is 0.551. The third-order valence-corrected chi connectivity index (χ3v) is 4.41. The van der Waals surface area contributed by atoms with E-state index in [2.05, 4.69) is 16.0 Å². The van der Waals surface area contributed by atoms with Crippen LogP contribution >= 0.6 is 24.0 Å². The molecule has 130 valence electrons. The molecule has 0 amide bonds. The molecule has 0 saturated heterocycles. The number of benzene rings is 2. The van der Waals surface area contributed by atoms with E-state index >= 15 is 0 Å². The van der Waals surface area contributed by atoms with Crippen molar-refractivity contribution in [2.45, 2.75) is 6.04 Å². The Morgan fingerprint density at radius 3 is 2.38 bits per heavy atom. The van der Waals surface area contributed by atoms with Gasteiger partial charge in [0.05, 0.1) is 22.9 Å². The van der Waals surface area contributed by atoms with Crippen LogP contribution in [0.5, 0.6) is 0 Å². The molecule has 4 nitrogen and oxygen atoms in total. The molecule has 2 aromatic carbocycles. The molecular formula is C20H16Cl2N4. The number of nitrogens with zero attached hydrogens (tertiary/aromatic N) is 3. The van der Waals surface area contributed by atoms with Crippen molar-refractivity contribution in [1.82, 2.24) is 15.0 Å². The Bertz CT molecular complexity index is 1040. The van der Waals surface area contributed by atoms with Crippen molar-refractivity contribution in [2.24, 2.45) is 5.73 Å². The maximum absolute atomic E-state index is 6.34. The van der Waals surface area contributed by atoms with Gasteiger partial charge in [-0.1, -0.05) is 60.1 Å². The Hall–Kier alpha value is -2.53. The Labute approximate surface area is 162 Å². The van der Waals surface area contributed by atoms with E-state index < -0.39 is 6.04 Å². The molecule has 0 aliphatic heterocycles. The standard InChI is InChI=1S/C20H15ClN4.ClH/c21-20-19(23-10-11-24-20)18(22)15-7-6-14-8-9-16(25-17(14)12-15)13-4-2-1-3-5-13;/h1-12,18H,22H2;1H. The van der Waals surface area contributed by atoms with Crippen LogP contribution in [0.15, 0.2) is 73.1 Å². The molecule has 6 heteroatoms. The van der Waals surface area contributed by atoms with Gasteiger partial charge in [-0.05, 0) is 17.7 Å². The molecule has 4 rings (SSSR count). The largest absolute Gasteiger partial charge is 0.319 e. The average molecular weight is 383 g/mol. The molecule has 4 aromatic rings. The van der Waals surface area contributed by atoms with Gasteiger partial charge < -0.3 is 5.73 Å². The van der Waals surface area contributed by atoms with Crippen LogP contribution in [0.3, 0.4) is 0 Å². The first-order valence-corrected chi connectivity index (χ1v) is 8.28. The van der Waals surface area contributed by atoms with Crippen LogP contribution in [0.25, 0.3) is 22.2 Å². The number of pyridine rings is 1. The smallest absolute Gasteiger partial charge is 0.152 e. The topological polar surface area (TPSA) is 64.7 Å². The SMILES string of the molecule is Cl.NC(c1ccc2ccc(-c3ccccc3)nc2c1)c1nccnc1Cl. The average Bonchev–Trinajstić information content (AvgIpc) is 2.67. The summed E-state index contributed by atoms with van der Waals surface area (Å²) in [5.74, 6) is 0. The Morgan fingerprint density at radius 2 is 1.62 bits per heavy atom. The van der Waals surface area contributed by atoms with E-state index in [9.17, 15) is 0 Å². The minimum atomic E-state index is -0.451. The number of rotatable bonds is 3. The molecule has 0 saturated carbocycles. The summed E-state index contributed by atoms with van der Waals surface area (Å²) in [5.41, 5.74) is 10.7. The van der Waals surface area contributed by atoms with Gasteiger partial charge in [-0.3, -0.25) is 4.98 Å². The summed E-state index contributed by atoms with van der Waals surface area (Å²) in [6, 6.07) is 19.7. The first-order chi connectivity index (χ1) is 12.2. The van der Waals surface area contributed by atoms with Gasteiger partial charge in [0.25, 0.3) is 0 Å². The van der Waals surface area contributed by atoms with E-state index in [1.807, 2.05) is 54.6 Å². The zero-order chi connectivity index (χ0) is 17.2. The number of hydrogen-bond acceptors (Lipinski definition) is 4. The highest BCUT2D eigenvalue weighted by Gasteiger charge is 2.15. The van der Waals surface area contributed by atoms with Gasteiger partial charge in [0.15, 0.2) is 5.15 Å². The molecule has 0 radical (unpaired) electrons. The summed E-state index contributed by atoms with van der Waals surface area (Å²) < 4.78 is 0. The molecule has 0 spiro atoms. The van der Waals surface area contributed by atoms with Crippen molar-refractivity contribution >= 4 is 34.9 Å². The highest BCUT2D eigenvalue weighted by molar-refractivity contribution is 6.30. The van der Waals surface area contributed by atoms with E-state index in [-0.39, 0.29) is 12.4 Å². The zero-order valence-corrected chi connectivity index (χ0v) is 15.3. The molecule has 1 unspecified atom stereocenters. The number of halogens is 2. The summed E-state index contributed by atoms with van der Waals surface area (Å²) in [5, 5.41) is 1.38. The van der Waals surface area contributed by atoms with Crippen LogP contribution in [0.4, 0.5) is 0 Å². The van der Waals surface area contributed by atoms with Gasteiger partial charge in [-0.25, -0.2) is 9.97 Å². The van der Waals surface area contributed by atoms with E-state index in [1.54, 1.807) is 12.4 Å². The Morgan fingerprint density at radius 1 is 0.885 bits per heavy atom. The van der Waals surface area contributed by atoms with Crippen LogP contribution in [-0.4, -0.2) is 15.0 Å². The third-order valence-electron chi connectivity index (χ3n) is 4.12. The third kappa shape index (κ3) is 3.53. The fraction of sp³-hybridized carbons (Fsp3) is 0.0500. The van der Waals surface area contributed by atoms with Crippen molar-refractivity contribution in [2.75, 3.05) is 0 Å². The summed E-state index contributed by atoms with van der Waals surface area (Å²) >= 11 is 6.12. The second-order valence-electron chi connectivity index (χ2n) is 5.72. The molecule has 0 aliphatic carbocycles. The maximum atomic E-state index is 6.34. The van der Waals surface area contributed by atoms with Crippen LogP contribution in [0, 0.1) is 0 Å². The lowest BCUT2D eigenvalue weighted by Gasteiger charge is -2.13. The first-order valence-electron chi connectivity index (χ1n) is 7.90. The summed E-state index contributed by atoms with van der Waals surface area (Å²) in [4.78, 5) is 13.1. The Kier molecular flexibility index (Phi) is 5.47. The molecule has 1 atom stereocenters. The minimum Gasteiger partial charge on any atom is -0.319 e. The molecule has 2 aromatic heterocycles. The lowest BCUT2D eigenvalue weighted by molar-refractivity contribution is 0.819. The number of fused-ring (bicyclic) bond motifs is 1. The van der Waals surface area contributed by atoms with Gasteiger partial charge in [-0.2, -0.15) is 0 Å². The highest BCUT2D eigenvalue weighted by Crippen LogP contribution is 2.27. The highest BCUT2D eigenvalue weighted by atomic mass is 35.5. The van der Waals surface area contributed by atoms with Gasteiger partial charge in [0, 0.05) is 23.3 Å². The van der Waals surface area contributed by atoms with Crippen molar-refractivity contribution in [3.8, 4) is 11.3 Å². The van der Waals surface area contributed by atoms with Gasteiger partial charge in [0.1, 0.15) is 0 Å². The van der Waals surface area contributed by atoms with E-state index in [0.29, 0.717) is 10.8 Å². The van der Waals surface area contributed by atoms with Crippen molar-refractivity contribution in [3.05, 3.63) is 89.5 Å². The van der Waals surface area contributed by atoms with Crippen LogP contribution in [0.2, 0.25) is 5.15 Å². The summed E-state index contributed by atoms with van der Waals surface area (Å²) in [7, 11) is 0. The normalized spacial score (nSPS) is 11.8. The van der Waals surface area contributed by atoms with Crippen LogP contribution in [0.1, 0.15) is 17.3 Å². The fourth-order valence-electron chi connectivity index (χ4n) is 2.80. The first kappa shape index (κ1) is 18.3. The molecule has 26 heavy (non-hydrogen) atoms. The second-order valence-corrected chi connectivity index (χ2v) is 6.08. The van der Waals surface area contributed by atoms with E-state index in [0.717, 1.165) is 27.7 Å². The summed E-state index contributed by atoms with van der Waals surface area (Å²) in [6.07, 6.45) is 3.14. The Balaban J connectivity index is 0.00000196. The van der Waals surface area contributed by atoms with Gasteiger partial charge in [0.2, 0.25) is 0 Å². The molecule has 0 bridgehead atoms. The number of hydrogen-bond donors (Lipinski definition) is 1. The monoisotopic (exact) mass is 382 g/mol. The maximum Gasteiger partial charge on any atom is 0.152 e. The van der Waals surface area contributed by atoms with Crippen molar-refractivity contribution in [3.63, 3.8) is 0 Å². The lowest BCUT2D eigenvalue weighted by Crippen LogP contribution is -2.14. The summed E-state index contributed by atoms with van der Waals surface area (Å²) in [6.45, 7) is 0. The van der Waals surface area contributed by atoms with Crippen LogP contribution in [-0.2, 0) is 0 Å². The predicted octanol–water partition coefficient (Wildman–Crippen LogP) is 4.82. The molecule has 0 aliphatic rings. The van der Waals surface area contributed by atoms with Crippen molar-refractivity contribution in [1.29, 1.82) is 0 Å². The minimum absolute atomic E-state index is 0. The van der Waals surface area contributed by atoms with Crippen LogP contribution < -0.4 is 5.73 Å². The zero-order valence-electron chi connectivity index (χ0n) is 13.7. The van der Waals surface area contributed by atoms with Gasteiger partial charge in [-0.15, -0.1) is 12.4 Å². The van der Waals surface area contributed by atoms with E-state index in [4.69, 9.17) is 22.3 Å². The molecule has 0 fully saturated rings. The number of nitrogens with two attached hydrogens (primary N) is 1. The fourth-order valence-corrected chi connectivity index (χ4v) is 3.02. The second kappa shape index (κ2) is 7.79. The molecule has 2 N–H and O–H groups in total. The molecule has 2 heterocycles.